The highest BCUT2D eigenvalue weighted by molar-refractivity contribution is 5.86. The minimum Gasteiger partial charge on any atom is -0.385 e. The molecule has 1 atom stereocenters. The van der Waals surface area contributed by atoms with Crippen molar-refractivity contribution >= 4 is 11.9 Å². The van der Waals surface area contributed by atoms with Crippen LogP contribution in [-0.2, 0) is 4.74 Å². The molecular formula is C16H24FN3O. The van der Waals surface area contributed by atoms with Crippen molar-refractivity contribution in [2.24, 2.45) is 0 Å². The van der Waals surface area contributed by atoms with E-state index in [1.165, 1.54) is 18.9 Å². The molecule has 0 radical (unpaired) electrons. The molecule has 0 saturated heterocycles. The molecule has 1 aliphatic carbocycles. The van der Waals surface area contributed by atoms with E-state index in [1.807, 2.05) is 13.0 Å². The van der Waals surface area contributed by atoms with Gasteiger partial charge in [0.15, 0.2) is 0 Å². The van der Waals surface area contributed by atoms with Crippen LogP contribution in [-0.4, -0.2) is 32.5 Å². The molecule has 116 valence electrons. The maximum absolute atomic E-state index is 14.2. The third kappa shape index (κ3) is 4.51. The van der Waals surface area contributed by atoms with Gasteiger partial charge in [-0.05, 0) is 43.9 Å². The first-order chi connectivity index (χ1) is 10.2. The summed E-state index contributed by atoms with van der Waals surface area (Å²) >= 11 is 0. The zero-order valence-electron chi connectivity index (χ0n) is 12.7. The number of hydrogen-bond donors (Lipinski definition) is 3. The lowest BCUT2D eigenvalue weighted by molar-refractivity contribution is 0.198. The standard InChI is InChI=1S/C16H24FN3O/c1-11(20-13-4-5-13)12-8-15(17)14(10-18)16(9-12)19-6-3-7-21-2/h8-11,13,18-20H,3-7H2,1-2H3. The lowest BCUT2D eigenvalue weighted by atomic mass is 10.0. The van der Waals surface area contributed by atoms with Crippen LogP contribution in [0.1, 0.15) is 43.4 Å². The lowest BCUT2D eigenvalue weighted by Crippen LogP contribution is -2.21. The number of anilines is 1. The molecule has 1 aromatic rings. The summed E-state index contributed by atoms with van der Waals surface area (Å²) in [5, 5.41) is 14.1. The van der Waals surface area contributed by atoms with Crippen molar-refractivity contribution in [3.05, 3.63) is 29.1 Å². The van der Waals surface area contributed by atoms with Crippen molar-refractivity contribution in [1.82, 2.24) is 5.32 Å². The molecule has 1 saturated carbocycles. The SMILES string of the molecule is COCCCNc1cc(C(C)NC2CC2)cc(F)c1C=N. The molecule has 3 N–H and O–H groups in total. The van der Waals surface area contributed by atoms with Crippen LogP contribution in [0.3, 0.4) is 0 Å². The molecular weight excluding hydrogens is 269 g/mol. The number of methoxy groups -OCH3 is 1. The van der Waals surface area contributed by atoms with Crippen LogP contribution in [0.25, 0.3) is 0 Å². The average molecular weight is 293 g/mol. The molecule has 4 nitrogen and oxygen atoms in total. The molecule has 0 amide bonds. The monoisotopic (exact) mass is 293 g/mol. The molecule has 0 aromatic heterocycles. The van der Waals surface area contributed by atoms with Crippen LogP contribution in [0.5, 0.6) is 0 Å². The fourth-order valence-corrected chi connectivity index (χ4v) is 2.32. The molecule has 1 aromatic carbocycles. The van der Waals surface area contributed by atoms with Crippen molar-refractivity contribution in [3.8, 4) is 0 Å². The second-order valence-corrected chi connectivity index (χ2v) is 5.54. The van der Waals surface area contributed by atoms with Crippen LogP contribution >= 0.6 is 0 Å². The summed E-state index contributed by atoms with van der Waals surface area (Å²) in [4.78, 5) is 0. The zero-order valence-corrected chi connectivity index (χ0v) is 12.7. The van der Waals surface area contributed by atoms with Crippen molar-refractivity contribution in [2.75, 3.05) is 25.6 Å². The van der Waals surface area contributed by atoms with E-state index in [2.05, 4.69) is 10.6 Å². The second-order valence-electron chi connectivity index (χ2n) is 5.54. The largest absolute Gasteiger partial charge is 0.385 e. The Kier molecular flexibility index (Phi) is 5.70. The van der Waals surface area contributed by atoms with Crippen LogP contribution in [0.2, 0.25) is 0 Å². The van der Waals surface area contributed by atoms with Gasteiger partial charge in [-0.2, -0.15) is 0 Å². The van der Waals surface area contributed by atoms with E-state index in [1.54, 1.807) is 7.11 Å². The van der Waals surface area contributed by atoms with E-state index in [0.29, 0.717) is 30.4 Å². The van der Waals surface area contributed by atoms with Gasteiger partial charge in [0.1, 0.15) is 5.82 Å². The maximum Gasteiger partial charge on any atom is 0.134 e. The van der Waals surface area contributed by atoms with E-state index in [9.17, 15) is 4.39 Å². The smallest absolute Gasteiger partial charge is 0.134 e. The number of rotatable bonds is 9. The summed E-state index contributed by atoms with van der Waals surface area (Å²) in [5.74, 6) is -0.346. The normalized spacial score (nSPS) is 15.8. The topological polar surface area (TPSA) is 57.1 Å². The zero-order chi connectivity index (χ0) is 15.2. The number of ether oxygens (including phenoxy) is 1. The van der Waals surface area contributed by atoms with Crippen molar-refractivity contribution < 1.29 is 9.13 Å². The van der Waals surface area contributed by atoms with Gasteiger partial charge >= 0.3 is 0 Å². The first-order valence-corrected chi connectivity index (χ1v) is 7.48. The molecule has 2 rings (SSSR count). The van der Waals surface area contributed by atoms with Crippen LogP contribution in [0, 0.1) is 11.2 Å². The van der Waals surface area contributed by atoms with Crippen LogP contribution < -0.4 is 10.6 Å². The summed E-state index contributed by atoms with van der Waals surface area (Å²) in [5.41, 5.74) is 1.91. The minimum absolute atomic E-state index is 0.117. The highest BCUT2D eigenvalue weighted by Gasteiger charge is 2.24. The van der Waals surface area contributed by atoms with E-state index >= 15 is 0 Å². The Bertz CT molecular complexity index is 489. The molecule has 0 spiro atoms. The predicted octanol–water partition coefficient (Wildman–Crippen LogP) is 3.08. The summed E-state index contributed by atoms with van der Waals surface area (Å²) in [6, 6.07) is 4.16. The Morgan fingerprint density at radius 3 is 2.86 bits per heavy atom. The molecule has 1 fully saturated rings. The van der Waals surface area contributed by atoms with Crippen LogP contribution in [0.15, 0.2) is 12.1 Å². The molecule has 1 aliphatic rings. The van der Waals surface area contributed by atoms with Gasteiger partial charge in [0.2, 0.25) is 0 Å². The van der Waals surface area contributed by atoms with Crippen molar-refractivity contribution in [3.63, 3.8) is 0 Å². The first kappa shape index (κ1) is 15.9. The van der Waals surface area contributed by atoms with E-state index in [-0.39, 0.29) is 11.9 Å². The van der Waals surface area contributed by atoms with Crippen molar-refractivity contribution in [1.29, 1.82) is 5.41 Å². The van der Waals surface area contributed by atoms with Crippen molar-refractivity contribution in [2.45, 2.75) is 38.3 Å². The van der Waals surface area contributed by atoms with Gasteiger partial charge in [-0.15, -0.1) is 0 Å². The Morgan fingerprint density at radius 1 is 1.48 bits per heavy atom. The summed E-state index contributed by atoms with van der Waals surface area (Å²) in [7, 11) is 1.66. The maximum atomic E-state index is 14.2. The molecule has 0 aliphatic heterocycles. The second kappa shape index (κ2) is 7.52. The Labute approximate surface area is 125 Å². The summed E-state index contributed by atoms with van der Waals surface area (Å²) in [6.07, 6.45) is 4.31. The number of benzene rings is 1. The highest BCUT2D eigenvalue weighted by atomic mass is 19.1. The van der Waals surface area contributed by atoms with Gasteiger partial charge < -0.3 is 20.8 Å². The van der Waals surface area contributed by atoms with Crippen LogP contribution in [0.4, 0.5) is 10.1 Å². The van der Waals surface area contributed by atoms with Gasteiger partial charge in [-0.25, -0.2) is 4.39 Å². The fraction of sp³-hybridized carbons (Fsp3) is 0.562. The predicted molar refractivity (Wildman–Crippen MR) is 83.8 cm³/mol. The minimum atomic E-state index is -0.346. The van der Waals surface area contributed by atoms with E-state index in [0.717, 1.165) is 18.2 Å². The molecule has 0 heterocycles. The molecule has 21 heavy (non-hydrogen) atoms. The van der Waals surface area contributed by atoms with E-state index < -0.39 is 0 Å². The third-order valence-electron chi connectivity index (χ3n) is 3.70. The van der Waals surface area contributed by atoms with Gasteiger partial charge in [-0.1, -0.05) is 0 Å². The highest BCUT2D eigenvalue weighted by Crippen LogP contribution is 2.27. The Balaban J connectivity index is 2.10. The average Bonchev–Trinajstić information content (AvgIpc) is 3.27. The van der Waals surface area contributed by atoms with Gasteiger partial charge in [-0.3, -0.25) is 0 Å². The van der Waals surface area contributed by atoms with Gasteiger partial charge in [0, 0.05) is 44.2 Å². The quantitative estimate of drug-likeness (QED) is 0.484. The van der Waals surface area contributed by atoms with Gasteiger partial charge in [0.25, 0.3) is 0 Å². The molecule has 1 unspecified atom stereocenters. The summed E-state index contributed by atoms with van der Waals surface area (Å²) < 4.78 is 19.2. The number of hydrogen-bond acceptors (Lipinski definition) is 4. The molecule has 0 bridgehead atoms. The number of nitrogens with one attached hydrogen (secondary N) is 3. The number of halogens is 1. The first-order valence-electron chi connectivity index (χ1n) is 7.48. The summed E-state index contributed by atoms with van der Waals surface area (Å²) in [6.45, 7) is 3.41. The fourth-order valence-electron chi connectivity index (χ4n) is 2.32. The molecule has 5 heteroatoms. The van der Waals surface area contributed by atoms with E-state index in [4.69, 9.17) is 10.1 Å². The van der Waals surface area contributed by atoms with Gasteiger partial charge in [0.05, 0.1) is 5.56 Å². The Morgan fingerprint density at radius 2 is 2.24 bits per heavy atom. The third-order valence-corrected chi connectivity index (χ3v) is 3.70. The Hall–Kier alpha value is -1.46. The lowest BCUT2D eigenvalue weighted by Gasteiger charge is -2.17.